The number of anilines is 1. The van der Waals surface area contributed by atoms with E-state index < -0.39 is 0 Å². The first-order chi connectivity index (χ1) is 7.37. The van der Waals surface area contributed by atoms with Crippen molar-refractivity contribution in [3.05, 3.63) is 24.3 Å². The zero-order valence-electron chi connectivity index (χ0n) is 9.78. The van der Waals surface area contributed by atoms with Crippen LogP contribution in [0.5, 0.6) is 5.75 Å². The number of hydrogen-bond donors (Lipinski definition) is 2. The van der Waals surface area contributed by atoms with Crippen LogP contribution >= 0.6 is 11.8 Å². The summed E-state index contributed by atoms with van der Waals surface area (Å²) in [7, 11) is 0. The third kappa shape index (κ3) is 5.07. The van der Waals surface area contributed by atoms with Gasteiger partial charge in [-0.15, -0.1) is 11.8 Å². The Kier molecular flexibility index (Phi) is 4.24. The summed E-state index contributed by atoms with van der Waals surface area (Å²) in [5, 5.41) is 11.9. The molecule has 4 heteroatoms. The van der Waals surface area contributed by atoms with Crippen molar-refractivity contribution in [2.45, 2.75) is 25.5 Å². The number of aromatic hydroxyl groups is 1. The van der Waals surface area contributed by atoms with Crippen LogP contribution in [0.15, 0.2) is 24.3 Å². The van der Waals surface area contributed by atoms with Crippen molar-refractivity contribution < 1.29 is 9.90 Å². The van der Waals surface area contributed by atoms with Gasteiger partial charge < -0.3 is 10.4 Å². The fourth-order valence-electron chi connectivity index (χ4n) is 1.02. The van der Waals surface area contributed by atoms with E-state index in [9.17, 15) is 4.79 Å². The van der Waals surface area contributed by atoms with Gasteiger partial charge in [0, 0.05) is 10.4 Å². The molecule has 0 bridgehead atoms. The molecule has 0 unspecified atom stereocenters. The van der Waals surface area contributed by atoms with Crippen molar-refractivity contribution >= 4 is 23.4 Å². The lowest BCUT2D eigenvalue weighted by Gasteiger charge is -2.16. The molecule has 0 aliphatic rings. The molecule has 1 amide bonds. The van der Waals surface area contributed by atoms with Gasteiger partial charge in [-0.25, -0.2) is 0 Å². The van der Waals surface area contributed by atoms with E-state index in [-0.39, 0.29) is 16.4 Å². The smallest absolute Gasteiger partial charge is 0.234 e. The van der Waals surface area contributed by atoms with Gasteiger partial charge in [0.05, 0.1) is 5.75 Å². The van der Waals surface area contributed by atoms with Crippen LogP contribution in [-0.4, -0.2) is 21.5 Å². The summed E-state index contributed by atoms with van der Waals surface area (Å²) in [5.41, 5.74) is 0.706. The Labute approximate surface area is 100 Å². The summed E-state index contributed by atoms with van der Waals surface area (Å²) >= 11 is 1.60. The molecule has 0 aliphatic carbocycles. The van der Waals surface area contributed by atoms with E-state index in [1.54, 1.807) is 36.0 Å². The number of phenolic OH excluding ortho intramolecular Hbond substituents is 1. The SMILES string of the molecule is CC(C)(C)SCC(=O)Nc1ccc(O)cc1. The third-order valence-corrected chi connectivity index (χ3v) is 3.06. The second kappa shape index (κ2) is 5.25. The van der Waals surface area contributed by atoms with E-state index in [4.69, 9.17) is 5.11 Å². The first kappa shape index (κ1) is 12.9. The zero-order valence-corrected chi connectivity index (χ0v) is 10.6. The summed E-state index contributed by atoms with van der Waals surface area (Å²) in [6.45, 7) is 6.22. The normalized spacial score (nSPS) is 11.2. The second-order valence-corrected chi connectivity index (χ2v) is 6.30. The van der Waals surface area contributed by atoms with Crippen molar-refractivity contribution in [2.24, 2.45) is 0 Å². The number of carbonyl (C=O) groups excluding carboxylic acids is 1. The molecule has 0 heterocycles. The molecule has 0 saturated carbocycles. The predicted octanol–water partition coefficient (Wildman–Crippen LogP) is 2.86. The van der Waals surface area contributed by atoms with Crippen molar-refractivity contribution in [1.29, 1.82) is 0 Å². The highest BCUT2D eigenvalue weighted by Crippen LogP contribution is 2.23. The van der Waals surface area contributed by atoms with Crippen LogP contribution in [0.25, 0.3) is 0 Å². The van der Waals surface area contributed by atoms with Gasteiger partial charge >= 0.3 is 0 Å². The van der Waals surface area contributed by atoms with Crippen LogP contribution in [-0.2, 0) is 4.79 Å². The Morgan fingerprint density at radius 2 is 1.88 bits per heavy atom. The lowest BCUT2D eigenvalue weighted by atomic mass is 10.3. The quantitative estimate of drug-likeness (QED) is 0.797. The van der Waals surface area contributed by atoms with Crippen LogP contribution < -0.4 is 5.32 Å². The summed E-state index contributed by atoms with van der Waals surface area (Å²) in [4.78, 5) is 11.5. The van der Waals surface area contributed by atoms with E-state index in [1.807, 2.05) is 0 Å². The number of nitrogens with one attached hydrogen (secondary N) is 1. The summed E-state index contributed by atoms with van der Waals surface area (Å²) in [5.74, 6) is 0.609. The Bertz CT molecular complexity index is 354. The Morgan fingerprint density at radius 1 is 1.31 bits per heavy atom. The van der Waals surface area contributed by atoms with Crippen LogP contribution in [0.1, 0.15) is 20.8 Å². The molecule has 0 radical (unpaired) electrons. The molecule has 1 rings (SSSR count). The van der Waals surface area contributed by atoms with E-state index in [0.717, 1.165) is 0 Å². The molecule has 3 nitrogen and oxygen atoms in total. The predicted molar refractivity (Wildman–Crippen MR) is 68.9 cm³/mol. The molecule has 0 atom stereocenters. The van der Waals surface area contributed by atoms with E-state index in [2.05, 4.69) is 26.1 Å². The van der Waals surface area contributed by atoms with E-state index in [1.165, 1.54) is 0 Å². The molecule has 0 aliphatic heterocycles. The van der Waals surface area contributed by atoms with Gasteiger partial charge in [0.1, 0.15) is 5.75 Å². The highest BCUT2D eigenvalue weighted by atomic mass is 32.2. The van der Waals surface area contributed by atoms with Crippen LogP contribution in [0, 0.1) is 0 Å². The molecule has 1 aromatic carbocycles. The van der Waals surface area contributed by atoms with Gasteiger partial charge in [0.15, 0.2) is 0 Å². The average Bonchev–Trinajstić information content (AvgIpc) is 2.18. The zero-order chi connectivity index (χ0) is 12.2. The molecular weight excluding hydrogens is 222 g/mol. The molecule has 16 heavy (non-hydrogen) atoms. The minimum absolute atomic E-state index is 0.0226. The molecule has 88 valence electrons. The van der Waals surface area contributed by atoms with Gasteiger partial charge in [-0.3, -0.25) is 4.79 Å². The lowest BCUT2D eigenvalue weighted by molar-refractivity contribution is -0.113. The van der Waals surface area contributed by atoms with Crippen LogP contribution in [0.4, 0.5) is 5.69 Å². The Morgan fingerprint density at radius 3 is 2.38 bits per heavy atom. The van der Waals surface area contributed by atoms with Crippen LogP contribution in [0.2, 0.25) is 0 Å². The summed E-state index contributed by atoms with van der Waals surface area (Å²) in [6.07, 6.45) is 0. The number of rotatable bonds is 3. The largest absolute Gasteiger partial charge is 0.508 e. The first-order valence-corrected chi connectivity index (χ1v) is 6.08. The highest BCUT2D eigenvalue weighted by Gasteiger charge is 2.13. The molecule has 2 N–H and O–H groups in total. The number of phenols is 1. The Balaban J connectivity index is 2.43. The fraction of sp³-hybridized carbons (Fsp3) is 0.417. The van der Waals surface area contributed by atoms with Gasteiger partial charge in [0.2, 0.25) is 5.91 Å². The fourth-order valence-corrected chi connectivity index (χ4v) is 1.66. The Hall–Kier alpha value is -1.16. The maximum absolute atomic E-state index is 11.5. The topological polar surface area (TPSA) is 49.3 Å². The van der Waals surface area contributed by atoms with Gasteiger partial charge in [-0.05, 0) is 24.3 Å². The van der Waals surface area contributed by atoms with Gasteiger partial charge in [0.25, 0.3) is 0 Å². The number of benzene rings is 1. The first-order valence-electron chi connectivity index (χ1n) is 5.10. The molecule has 0 saturated heterocycles. The van der Waals surface area contributed by atoms with E-state index >= 15 is 0 Å². The standard InChI is InChI=1S/C12H17NO2S/c1-12(2,3)16-8-11(15)13-9-4-6-10(14)7-5-9/h4-7,14H,8H2,1-3H3,(H,13,15). The minimum Gasteiger partial charge on any atom is -0.508 e. The second-order valence-electron chi connectivity index (χ2n) is 4.50. The van der Waals surface area contributed by atoms with Gasteiger partial charge in [-0.2, -0.15) is 0 Å². The van der Waals surface area contributed by atoms with Crippen molar-refractivity contribution in [1.82, 2.24) is 0 Å². The summed E-state index contributed by atoms with van der Waals surface area (Å²) in [6, 6.07) is 6.45. The number of thioether (sulfide) groups is 1. The molecule has 0 spiro atoms. The van der Waals surface area contributed by atoms with Crippen molar-refractivity contribution in [3.8, 4) is 5.75 Å². The molecular formula is C12H17NO2S. The number of amides is 1. The number of hydrogen-bond acceptors (Lipinski definition) is 3. The maximum atomic E-state index is 11.5. The summed E-state index contributed by atoms with van der Waals surface area (Å²) < 4.78 is 0.0896. The minimum atomic E-state index is -0.0226. The van der Waals surface area contributed by atoms with Crippen molar-refractivity contribution in [3.63, 3.8) is 0 Å². The molecule has 0 aromatic heterocycles. The molecule has 1 aromatic rings. The maximum Gasteiger partial charge on any atom is 0.234 e. The highest BCUT2D eigenvalue weighted by molar-refractivity contribution is 8.01. The third-order valence-electron chi connectivity index (χ3n) is 1.79. The van der Waals surface area contributed by atoms with Crippen molar-refractivity contribution in [2.75, 3.05) is 11.1 Å². The van der Waals surface area contributed by atoms with E-state index in [0.29, 0.717) is 11.4 Å². The average molecular weight is 239 g/mol. The lowest BCUT2D eigenvalue weighted by Crippen LogP contribution is -2.18. The van der Waals surface area contributed by atoms with Crippen LogP contribution in [0.3, 0.4) is 0 Å². The van der Waals surface area contributed by atoms with Gasteiger partial charge in [-0.1, -0.05) is 20.8 Å². The molecule has 0 fully saturated rings. The monoisotopic (exact) mass is 239 g/mol. The number of carbonyl (C=O) groups is 1.